The van der Waals surface area contributed by atoms with Crippen molar-refractivity contribution in [2.75, 3.05) is 11.9 Å². The van der Waals surface area contributed by atoms with Gasteiger partial charge in [-0.15, -0.1) is 0 Å². The Morgan fingerprint density at radius 3 is 2.22 bits per heavy atom. The molecule has 3 N–H and O–H groups in total. The number of hydrogen-bond acceptors (Lipinski definition) is 5. The second kappa shape index (κ2) is 14.0. The monoisotopic (exact) mass is 561 g/mol. The van der Waals surface area contributed by atoms with Crippen molar-refractivity contribution in [1.29, 1.82) is 0 Å². The van der Waals surface area contributed by atoms with Gasteiger partial charge < -0.3 is 25.4 Å². The van der Waals surface area contributed by atoms with Gasteiger partial charge >= 0.3 is 6.09 Å². The lowest BCUT2D eigenvalue weighted by Crippen LogP contribution is -2.53. The van der Waals surface area contributed by atoms with E-state index in [1.54, 1.807) is 32.9 Å². The van der Waals surface area contributed by atoms with Crippen molar-refractivity contribution in [3.63, 3.8) is 0 Å². The fraction of sp³-hybridized carbons (Fsp3) is 0.424. The van der Waals surface area contributed by atoms with Crippen LogP contribution in [0, 0.1) is 5.92 Å². The van der Waals surface area contributed by atoms with Crippen molar-refractivity contribution in [2.45, 2.75) is 78.5 Å². The smallest absolute Gasteiger partial charge is 0.408 e. The van der Waals surface area contributed by atoms with E-state index in [9.17, 15) is 19.5 Å². The van der Waals surface area contributed by atoms with Crippen LogP contribution in [0.3, 0.4) is 0 Å². The van der Waals surface area contributed by atoms with Crippen molar-refractivity contribution >= 4 is 34.4 Å². The number of aromatic hydroxyl groups is 1. The Bertz CT molecular complexity index is 1330. The van der Waals surface area contributed by atoms with E-state index in [2.05, 4.69) is 10.6 Å². The molecule has 0 spiro atoms. The summed E-state index contributed by atoms with van der Waals surface area (Å²) in [6.45, 7) is 11.5. The first kappa shape index (κ1) is 31.5. The molecule has 0 saturated carbocycles. The molecule has 0 aliphatic heterocycles. The second-order valence-corrected chi connectivity index (χ2v) is 11.8. The Hall–Kier alpha value is -4.07. The predicted molar refractivity (Wildman–Crippen MR) is 163 cm³/mol. The molecule has 3 aromatic carbocycles. The van der Waals surface area contributed by atoms with Gasteiger partial charge in [-0.1, -0.05) is 69.7 Å². The van der Waals surface area contributed by atoms with Crippen LogP contribution in [-0.4, -0.2) is 46.1 Å². The molecule has 3 rings (SSSR count). The first-order valence-corrected chi connectivity index (χ1v) is 14.3. The quantitative estimate of drug-likeness (QED) is 0.239. The standard InChI is InChI=1S/C33H43N3O5/c1-7-8-19-36(31(39)28(20-22(2)3)35-32(40)41-33(4,5)6)29(24-14-17-27(37)18-15-24)30(38)34-26-16-13-23-11-9-10-12-25(23)21-26/h9-18,21-22,28-29,37H,7-8,19-20H2,1-6H3,(H,34,38)(H,35,40). The number of carbonyl (C=O) groups is 3. The van der Waals surface area contributed by atoms with E-state index in [1.165, 1.54) is 17.0 Å². The molecule has 0 aliphatic carbocycles. The van der Waals surface area contributed by atoms with Crippen molar-refractivity contribution in [3.05, 3.63) is 72.3 Å². The van der Waals surface area contributed by atoms with Crippen molar-refractivity contribution < 1.29 is 24.2 Å². The summed E-state index contributed by atoms with van der Waals surface area (Å²) in [7, 11) is 0. The van der Waals surface area contributed by atoms with E-state index in [4.69, 9.17) is 4.74 Å². The van der Waals surface area contributed by atoms with Crippen LogP contribution in [0.2, 0.25) is 0 Å². The summed E-state index contributed by atoms with van der Waals surface area (Å²) < 4.78 is 5.45. The molecule has 0 fully saturated rings. The maximum atomic E-state index is 14.2. The maximum Gasteiger partial charge on any atom is 0.408 e. The first-order valence-electron chi connectivity index (χ1n) is 14.3. The van der Waals surface area contributed by atoms with E-state index in [0.717, 1.165) is 17.2 Å². The molecule has 0 radical (unpaired) electrons. The van der Waals surface area contributed by atoms with Crippen LogP contribution >= 0.6 is 0 Å². The molecule has 220 valence electrons. The number of unbranched alkanes of at least 4 members (excludes halogenated alkanes) is 1. The molecule has 0 aromatic heterocycles. The molecule has 8 nitrogen and oxygen atoms in total. The van der Waals surface area contributed by atoms with Crippen LogP contribution in [-0.2, 0) is 14.3 Å². The normalized spacial score (nSPS) is 13.0. The molecular weight excluding hydrogens is 518 g/mol. The number of carbonyl (C=O) groups excluding carboxylic acids is 3. The van der Waals surface area contributed by atoms with Crippen molar-refractivity contribution in [2.24, 2.45) is 5.92 Å². The number of nitrogens with zero attached hydrogens (tertiary/aromatic N) is 1. The maximum absolute atomic E-state index is 14.2. The number of rotatable bonds is 11. The summed E-state index contributed by atoms with van der Waals surface area (Å²) in [5.41, 5.74) is 0.420. The largest absolute Gasteiger partial charge is 0.508 e. The number of ether oxygens (including phenoxy) is 1. The SMILES string of the molecule is CCCCN(C(=O)C(CC(C)C)NC(=O)OC(C)(C)C)C(C(=O)Nc1ccc2ccccc2c1)c1ccc(O)cc1. The number of phenolic OH excluding ortho intramolecular Hbond substituents is 1. The van der Waals surface area contributed by atoms with Crippen LogP contribution in [0.1, 0.15) is 72.4 Å². The molecule has 0 saturated heterocycles. The Balaban J connectivity index is 2.01. The van der Waals surface area contributed by atoms with Gasteiger partial charge in [-0.25, -0.2) is 4.79 Å². The van der Waals surface area contributed by atoms with Gasteiger partial charge in [-0.2, -0.15) is 0 Å². The van der Waals surface area contributed by atoms with Gasteiger partial charge in [0.05, 0.1) is 0 Å². The van der Waals surface area contributed by atoms with Gasteiger partial charge in [-0.3, -0.25) is 9.59 Å². The van der Waals surface area contributed by atoms with Crippen LogP contribution in [0.5, 0.6) is 5.75 Å². The lowest BCUT2D eigenvalue weighted by atomic mass is 9.98. The second-order valence-electron chi connectivity index (χ2n) is 11.8. The summed E-state index contributed by atoms with van der Waals surface area (Å²) in [4.78, 5) is 42.5. The van der Waals surface area contributed by atoms with Gasteiger partial charge in [0, 0.05) is 12.2 Å². The van der Waals surface area contributed by atoms with Crippen molar-refractivity contribution in [3.8, 4) is 5.75 Å². The Morgan fingerprint density at radius 2 is 1.61 bits per heavy atom. The lowest BCUT2D eigenvalue weighted by molar-refractivity contribution is -0.141. The Kier molecular flexibility index (Phi) is 10.8. The van der Waals surface area contributed by atoms with Gasteiger partial charge in [-0.05, 0) is 80.1 Å². The highest BCUT2D eigenvalue weighted by Crippen LogP contribution is 2.28. The summed E-state index contributed by atoms with van der Waals surface area (Å²) in [5, 5.41) is 17.7. The highest BCUT2D eigenvalue weighted by molar-refractivity contribution is 6.00. The van der Waals surface area contributed by atoms with E-state index >= 15 is 0 Å². The topological polar surface area (TPSA) is 108 Å². The highest BCUT2D eigenvalue weighted by atomic mass is 16.6. The molecule has 2 unspecified atom stereocenters. The molecule has 3 amide bonds. The molecule has 8 heteroatoms. The minimum absolute atomic E-state index is 0.0538. The minimum Gasteiger partial charge on any atom is -0.508 e. The summed E-state index contributed by atoms with van der Waals surface area (Å²) >= 11 is 0. The number of amides is 3. The predicted octanol–water partition coefficient (Wildman–Crippen LogP) is 6.79. The third-order valence-corrected chi connectivity index (χ3v) is 6.52. The van der Waals surface area contributed by atoms with E-state index < -0.39 is 29.7 Å². The molecule has 3 aromatic rings. The van der Waals surface area contributed by atoms with Gasteiger partial charge in [0.25, 0.3) is 5.91 Å². The number of benzene rings is 3. The summed E-state index contributed by atoms with van der Waals surface area (Å²) in [6, 6.07) is 17.9. The highest BCUT2D eigenvalue weighted by Gasteiger charge is 2.36. The minimum atomic E-state index is -1.00. The fourth-order valence-electron chi connectivity index (χ4n) is 4.65. The summed E-state index contributed by atoms with van der Waals surface area (Å²) in [6.07, 6.45) is 1.14. The molecule has 0 aliphatic rings. The van der Waals surface area contributed by atoms with Gasteiger partial charge in [0.1, 0.15) is 23.4 Å². The number of phenols is 1. The third kappa shape index (κ3) is 9.23. The Labute approximate surface area is 243 Å². The molecular formula is C33H43N3O5. The Morgan fingerprint density at radius 1 is 0.951 bits per heavy atom. The van der Waals surface area contributed by atoms with Crippen LogP contribution in [0.15, 0.2) is 66.7 Å². The van der Waals surface area contributed by atoms with Crippen LogP contribution in [0.4, 0.5) is 10.5 Å². The van der Waals surface area contributed by atoms with E-state index in [0.29, 0.717) is 30.6 Å². The van der Waals surface area contributed by atoms with Crippen LogP contribution in [0.25, 0.3) is 10.8 Å². The fourth-order valence-corrected chi connectivity index (χ4v) is 4.65. The van der Waals surface area contributed by atoms with Crippen LogP contribution < -0.4 is 10.6 Å². The number of anilines is 1. The average molecular weight is 562 g/mol. The van der Waals surface area contributed by atoms with E-state index in [1.807, 2.05) is 63.2 Å². The molecule has 0 heterocycles. The van der Waals surface area contributed by atoms with Crippen molar-refractivity contribution in [1.82, 2.24) is 10.2 Å². The molecule has 2 atom stereocenters. The molecule has 0 bridgehead atoms. The number of nitrogens with one attached hydrogen (secondary N) is 2. The zero-order chi connectivity index (χ0) is 30.2. The number of hydrogen-bond donors (Lipinski definition) is 3. The lowest BCUT2D eigenvalue weighted by Gasteiger charge is -2.35. The number of alkyl carbamates (subject to hydrolysis) is 1. The number of fused-ring (bicyclic) bond motifs is 1. The molecule has 41 heavy (non-hydrogen) atoms. The van der Waals surface area contributed by atoms with Gasteiger partial charge in [0.2, 0.25) is 5.91 Å². The average Bonchev–Trinajstić information content (AvgIpc) is 2.89. The van der Waals surface area contributed by atoms with E-state index in [-0.39, 0.29) is 17.6 Å². The van der Waals surface area contributed by atoms with Gasteiger partial charge in [0.15, 0.2) is 0 Å². The summed E-state index contributed by atoms with van der Waals surface area (Å²) in [5.74, 6) is -0.621. The zero-order valence-corrected chi connectivity index (χ0v) is 24.9. The first-order chi connectivity index (χ1) is 19.4. The zero-order valence-electron chi connectivity index (χ0n) is 24.9. The third-order valence-electron chi connectivity index (χ3n) is 6.52.